The molecule has 0 unspecified atom stereocenters. The Morgan fingerprint density at radius 1 is 1.13 bits per heavy atom. The molecule has 120 valence electrons. The lowest BCUT2D eigenvalue weighted by Gasteiger charge is -2.28. The van der Waals surface area contributed by atoms with Crippen LogP contribution in [-0.4, -0.2) is 21.4 Å². The topological polar surface area (TPSA) is 29.0 Å². The summed E-state index contributed by atoms with van der Waals surface area (Å²) in [5.74, 6) is -2.23. The highest BCUT2D eigenvalue weighted by atomic mass is 19.2. The van der Waals surface area contributed by atoms with E-state index in [9.17, 15) is 13.2 Å². The summed E-state index contributed by atoms with van der Waals surface area (Å²) in [5.41, 5.74) is 2.57. The Balaban J connectivity index is 1.50. The van der Waals surface area contributed by atoms with E-state index in [0.717, 1.165) is 42.2 Å². The predicted molar refractivity (Wildman–Crippen MR) is 78.1 cm³/mol. The fourth-order valence-corrected chi connectivity index (χ4v) is 3.02. The molecule has 23 heavy (non-hydrogen) atoms. The van der Waals surface area contributed by atoms with E-state index in [1.54, 1.807) is 0 Å². The molecule has 0 atom stereocenters. The summed E-state index contributed by atoms with van der Waals surface area (Å²) in [4.78, 5) is 11.1. The zero-order chi connectivity index (χ0) is 16.0. The van der Waals surface area contributed by atoms with Crippen molar-refractivity contribution in [2.24, 2.45) is 0 Å². The van der Waals surface area contributed by atoms with E-state index in [-0.39, 0.29) is 0 Å². The lowest BCUT2D eigenvalue weighted by atomic mass is 10.1. The molecule has 0 amide bonds. The van der Waals surface area contributed by atoms with E-state index < -0.39 is 17.5 Å². The van der Waals surface area contributed by atoms with Crippen LogP contribution in [0.3, 0.4) is 0 Å². The van der Waals surface area contributed by atoms with Gasteiger partial charge in [0.2, 0.25) is 0 Å². The summed E-state index contributed by atoms with van der Waals surface area (Å²) >= 11 is 0. The van der Waals surface area contributed by atoms with Crippen molar-refractivity contribution in [2.75, 3.05) is 6.54 Å². The SMILES string of the molecule is Fc1cc(CN2CCc3nc(C4CC4)ncc3C2)cc(F)c1F. The summed E-state index contributed by atoms with van der Waals surface area (Å²) in [5, 5.41) is 0. The van der Waals surface area contributed by atoms with E-state index in [4.69, 9.17) is 0 Å². The van der Waals surface area contributed by atoms with Gasteiger partial charge in [0.25, 0.3) is 0 Å². The average molecular weight is 319 g/mol. The van der Waals surface area contributed by atoms with Crippen LogP contribution in [-0.2, 0) is 19.5 Å². The minimum Gasteiger partial charge on any atom is -0.294 e. The molecule has 0 bridgehead atoms. The molecule has 1 fully saturated rings. The Morgan fingerprint density at radius 2 is 1.87 bits per heavy atom. The molecule has 2 aromatic rings. The standard InChI is InChI=1S/C17H16F3N3/c18-13-5-10(6-14(19)16(13)20)8-23-4-3-15-12(9-23)7-21-17(22-15)11-1-2-11/h5-7,11H,1-4,8-9H2. The lowest BCUT2D eigenvalue weighted by molar-refractivity contribution is 0.241. The first-order chi connectivity index (χ1) is 11.1. The van der Waals surface area contributed by atoms with Gasteiger partial charge in [-0.2, -0.15) is 0 Å². The average Bonchev–Trinajstić information content (AvgIpc) is 3.37. The van der Waals surface area contributed by atoms with Crippen molar-refractivity contribution in [3.05, 3.63) is 58.4 Å². The number of rotatable bonds is 3. The highest BCUT2D eigenvalue weighted by Crippen LogP contribution is 2.38. The Morgan fingerprint density at radius 3 is 2.57 bits per heavy atom. The molecule has 0 N–H and O–H groups in total. The molecule has 1 saturated carbocycles. The predicted octanol–water partition coefficient (Wildman–Crippen LogP) is 3.33. The molecule has 1 aliphatic carbocycles. The maximum Gasteiger partial charge on any atom is 0.194 e. The van der Waals surface area contributed by atoms with Crippen molar-refractivity contribution < 1.29 is 13.2 Å². The Kier molecular flexibility index (Phi) is 3.56. The van der Waals surface area contributed by atoms with E-state index in [2.05, 4.69) is 14.9 Å². The minimum absolute atomic E-state index is 0.373. The monoisotopic (exact) mass is 319 g/mol. The van der Waals surface area contributed by atoms with Crippen LogP contribution in [0.15, 0.2) is 18.3 Å². The number of aromatic nitrogens is 2. The first kappa shape index (κ1) is 14.6. The zero-order valence-corrected chi connectivity index (χ0v) is 12.5. The number of fused-ring (bicyclic) bond motifs is 1. The fraction of sp³-hybridized carbons (Fsp3) is 0.412. The quantitative estimate of drug-likeness (QED) is 0.813. The molecule has 4 rings (SSSR count). The molecule has 0 radical (unpaired) electrons. The summed E-state index contributed by atoms with van der Waals surface area (Å²) in [6.45, 7) is 1.77. The summed E-state index contributed by atoms with van der Waals surface area (Å²) in [6, 6.07) is 2.11. The van der Waals surface area contributed by atoms with Gasteiger partial charge in [-0.1, -0.05) is 0 Å². The number of hydrogen-bond donors (Lipinski definition) is 0. The molecular formula is C17H16F3N3. The van der Waals surface area contributed by atoms with E-state index in [0.29, 0.717) is 24.6 Å². The van der Waals surface area contributed by atoms with Gasteiger partial charge in [0.1, 0.15) is 5.82 Å². The Hall–Kier alpha value is -1.95. The van der Waals surface area contributed by atoms with Gasteiger partial charge >= 0.3 is 0 Å². The summed E-state index contributed by atoms with van der Waals surface area (Å²) in [7, 11) is 0. The summed E-state index contributed by atoms with van der Waals surface area (Å²) in [6.07, 6.45) is 5.01. The van der Waals surface area contributed by atoms with Crippen LogP contribution in [0, 0.1) is 17.5 Å². The second kappa shape index (κ2) is 5.60. The molecule has 0 saturated heterocycles. The Bertz CT molecular complexity index is 736. The second-order valence-corrected chi connectivity index (χ2v) is 6.31. The largest absolute Gasteiger partial charge is 0.294 e. The maximum atomic E-state index is 13.3. The van der Waals surface area contributed by atoms with E-state index in [1.807, 2.05) is 6.20 Å². The normalized spacial score (nSPS) is 18.0. The lowest BCUT2D eigenvalue weighted by Crippen LogP contribution is -2.31. The first-order valence-electron chi connectivity index (χ1n) is 7.80. The highest BCUT2D eigenvalue weighted by molar-refractivity contribution is 5.24. The van der Waals surface area contributed by atoms with E-state index >= 15 is 0 Å². The zero-order valence-electron chi connectivity index (χ0n) is 12.5. The van der Waals surface area contributed by atoms with Gasteiger partial charge in [-0.15, -0.1) is 0 Å². The van der Waals surface area contributed by atoms with Gasteiger partial charge < -0.3 is 0 Å². The van der Waals surface area contributed by atoms with Gasteiger partial charge in [0.05, 0.1) is 0 Å². The van der Waals surface area contributed by atoms with Crippen molar-refractivity contribution in [3.8, 4) is 0 Å². The van der Waals surface area contributed by atoms with Crippen molar-refractivity contribution in [1.29, 1.82) is 0 Å². The molecule has 1 aliphatic heterocycles. The van der Waals surface area contributed by atoms with Gasteiger partial charge in [-0.05, 0) is 30.5 Å². The smallest absolute Gasteiger partial charge is 0.194 e. The Labute approximate surface area is 132 Å². The second-order valence-electron chi connectivity index (χ2n) is 6.31. The molecule has 6 heteroatoms. The van der Waals surface area contributed by atoms with Crippen LogP contribution in [0.25, 0.3) is 0 Å². The molecule has 2 heterocycles. The maximum absolute atomic E-state index is 13.3. The van der Waals surface area contributed by atoms with Crippen molar-refractivity contribution >= 4 is 0 Å². The van der Waals surface area contributed by atoms with Crippen LogP contribution < -0.4 is 0 Å². The van der Waals surface area contributed by atoms with Crippen LogP contribution >= 0.6 is 0 Å². The van der Waals surface area contributed by atoms with Gasteiger partial charge in [0, 0.05) is 49.4 Å². The number of halogens is 3. The molecule has 2 aliphatic rings. The third-order valence-corrected chi connectivity index (χ3v) is 4.42. The third kappa shape index (κ3) is 2.95. The van der Waals surface area contributed by atoms with Crippen LogP contribution in [0.2, 0.25) is 0 Å². The molecule has 1 aromatic heterocycles. The van der Waals surface area contributed by atoms with Crippen molar-refractivity contribution in [2.45, 2.75) is 38.3 Å². The van der Waals surface area contributed by atoms with Gasteiger partial charge in [0.15, 0.2) is 17.5 Å². The number of benzene rings is 1. The van der Waals surface area contributed by atoms with Crippen molar-refractivity contribution in [3.63, 3.8) is 0 Å². The van der Waals surface area contributed by atoms with Crippen LogP contribution in [0.4, 0.5) is 13.2 Å². The van der Waals surface area contributed by atoms with Crippen LogP contribution in [0.1, 0.15) is 41.4 Å². The number of hydrogen-bond acceptors (Lipinski definition) is 3. The van der Waals surface area contributed by atoms with Crippen molar-refractivity contribution in [1.82, 2.24) is 14.9 Å². The number of nitrogens with zero attached hydrogens (tertiary/aromatic N) is 3. The molecule has 3 nitrogen and oxygen atoms in total. The van der Waals surface area contributed by atoms with E-state index in [1.165, 1.54) is 12.8 Å². The third-order valence-electron chi connectivity index (χ3n) is 4.42. The van der Waals surface area contributed by atoms with Crippen LogP contribution in [0.5, 0.6) is 0 Å². The van der Waals surface area contributed by atoms with Gasteiger partial charge in [-0.25, -0.2) is 23.1 Å². The molecule has 0 spiro atoms. The first-order valence-corrected chi connectivity index (χ1v) is 7.80. The molecular weight excluding hydrogens is 303 g/mol. The summed E-state index contributed by atoms with van der Waals surface area (Å²) < 4.78 is 39.6. The minimum atomic E-state index is -1.42. The molecule has 1 aromatic carbocycles. The highest BCUT2D eigenvalue weighted by Gasteiger charge is 2.28. The fourth-order valence-electron chi connectivity index (χ4n) is 3.02. The van der Waals surface area contributed by atoms with Gasteiger partial charge in [-0.3, -0.25) is 4.90 Å².